The summed E-state index contributed by atoms with van der Waals surface area (Å²) in [6, 6.07) is 4.56. The summed E-state index contributed by atoms with van der Waals surface area (Å²) in [4.78, 5) is 27.8. The predicted octanol–water partition coefficient (Wildman–Crippen LogP) is 1.78. The summed E-state index contributed by atoms with van der Waals surface area (Å²) in [7, 11) is 1.11. The molecule has 0 aliphatic heterocycles. The molecule has 0 fully saturated rings. The molecule has 2 aromatic rings. The van der Waals surface area contributed by atoms with Gasteiger partial charge in [0.15, 0.2) is 5.56 Å². The summed E-state index contributed by atoms with van der Waals surface area (Å²) in [6.07, 6.45) is 1.09. The van der Waals surface area contributed by atoms with Crippen molar-refractivity contribution in [3.63, 3.8) is 0 Å². The van der Waals surface area contributed by atoms with Gasteiger partial charge in [-0.2, -0.15) is 5.26 Å². The van der Waals surface area contributed by atoms with Crippen LogP contribution in [0.1, 0.15) is 15.9 Å². The zero-order valence-corrected chi connectivity index (χ0v) is 12.6. The average molecular weight is 339 g/mol. The normalized spacial score (nSPS) is 10.1. The first-order chi connectivity index (χ1) is 10.4. The molecule has 0 aliphatic carbocycles. The van der Waals surface area contributed by atoms with Crippen LogP contribution in [0, 0.1) is 11.3 Å². The first-order valence-electron chi connectivity index (χ1n) is 5.75. The van der Waals surface area contributed by atoms with Crippen LogP contribution in [-0.4, -0.2) is 22.6 Å². The first kappa shape index (κ1) is 15.8. The minimum atomic E-state index is -0.926. The quantitative estimate of drug-likeness (QED) is 0.835. The topological polar surface area (TPSA) is 111 Å². The molecule has 1 aromatic carbocycles. The highest BCUT2D eigenvalue weighted by Crippen LogP contribution is 2.29. The summed E-state index contributed by atoms with van der Waals surface area (Å²) < 4.78 is 5.47. The maximum atomic E-state index is 12.4. The Morgan fingerprint density at radius 1 is 1.41 bits per heavy atom. The number of aromatic nitrogens is 2. The van der Waals surface area contributed by atoms with E-state index >= 15 is 0 Å². The van der Waals surface area contributed by atoms with Gasteiger partial charge in [-0.3, -0.25) is 9.36 Å². The Kier molecular flexibility index (Phi) is 4.35. The van der Waals surface area contributed by atoms with Gasteiger partial charge >= 0.3 is 5.97 Å². The Labute approximate surface area is 134 Å². The fourth-order valence-corrected chi connectivity index (χ4v) is 2.45. The van der Waals surface area contributed by atoms with Gasteiger partial charge in [0.1, 0.15) is 12.1 Å². The maximum Gasteiger partial charge on any atom is 0.347 e. The van der Waals surface area contributed by atoms with Crippen molar-refractivity contribution in [2.45, 2.75) is 0 Å². The van der Waals surface area contributed by atoms with E-state index in [4.69, 9.17) is 34.2 Å². The average Bonchev–Trinajstić information content (AvgIpc) is 2.48. The van der Waals surface area contributed by atoms with Gasteiger partial charge < -0.3 is 10.5 Å². The van der Waals surface area contributed by atoms with E-state index < -0.39 is 17.1 Å². The summed E-state index contributed by atoms with van der Waals surface area (Å²) in [5.74, 6) is -1.20. The number of rotatable bonds is 2. The van der Waals surface area contributed by atoms with E-state index in [1.54, 1.807) is 0 Å². The van der Waals surface area contributed by atoms with Gasteiger partial charge in [0.05, 0.1) is 34.5 Å². The Morgan fingerprint density at radius 3 is 2.50 bits per heavy atom. The van der Waals surface area contributed by atoms with E-state index in [0.29, 0.717) is 0 Å². The minimum Gasteiger partial charge on any atom is -0.465 e. The van der Waals surface area contributed by atoms with Gasteiger partial charge in [-0.1, -0.05) is 23.2 Å². The van der Waals surface area contributed by atoms with Crippen LogP contribution in [0.3, 0.4) is 0 Å². The highest BCUT2D eigenvalue weighted by molar-refractivity contribution is 6.38. The molecule has 9 heteroatoms. The molecule has 0 unspecified atom stereocenters. The van der Waals surface area contributed by atoms with E-state index in [1.807, 2.05) is 6.07 Å². The molecule has 112 valence electrons. The Morgan fingerprint density at radius 2 is 2.00 bits per heavy atom. The third-order valence-corrected chi connectivity index (χ3v) is 3.35. The summed E-state index contributed by atoms with van der Waals surface area (Å²) in [5, 5.41) is 8.96. The molecular formula is C13H8Cl2N4O3. The van der Waals surface area contributed by atoms with Crippen molar-refractivity contribution in [3.05, 3.63) is 50.0 Å². The largest absolute Gasteiger partial charge is 0.465 e. The second-order valence-corrected chi connectivity index (χ2v) is 4.89. The lowest BCUT2D eigenvalue weighted by Gasteiger charge is -2.12. The lowest BCUT2D eigenvalue weighted by molar-refractivity contribution is 0.0599. The molecule has 1 heterocycles. The number of carbonyl (C=O) groups excluding carboxylic acids is 1. The Bertz CT molecular complexity index is 848. The van der Waals surface area contributed by atoms with Crippen molar-refractivity contribution in [2.75, 3.05) is 12.8 Å². The van der Waals surface area contributed by atoms with E-state index in [1.165, 1.54) is 12.1 Å². The number of esters is 1. The number of hydrogen-bond donors (Lipinski definition) is 1. The molecule has 0 spiro atoms. The zero-order chi connectivity index (χ0) is 16.4. The zero-order valence-electron chi connectivity index (χ0n) is 11.1. The molecule has 0 amide bonds. The number of nitriles is 1. The van der Waals surface area contributed by atoms with Crippen LogP contribution in [0.5, 0.6) is 0 Å². The monoisotopic (exact) mass is 338 g/mol. The number of halogens is 2. The van der Waals surface area contributed by atoms with Crippen LogP contribution in [0.2, 0.25) is 10.0 Å². The first-order valence-corrected chi connectivity index (χ1v) is 6.51. The lowest BCUT2D eigenvalue weighted by atomic mass is 10.2. The number of carbonyl (C=O) groups is 1. The predicted molar refractivity (Wildman–Crippen MR) is 80.3 cm³/mol. The molecule has 2 rings (SSSR count). The fraction of sp³-hybridized carbons (Fsp3) is 0.0769. The number of hydrogen-bond acceptors (Lipinski definition) is 6. The van der Waals surface area contributed by atoms with Crippen molar-refractivity contribution in [1.29, 1.82) is 5.26 Å². The Hall–Kier alpha value is -2.56. The highest BCUT2D eigenvalue weighted by atomic mass is 35.5. The van der Waals surface area contributed by atoms with E-state index in [0.717, 1.165) is 18.0 Å². The van der Waals surface area contributed by atoms with Crippen LogP contribution >= 0.6 is 23.2 Å². The highest BCUT2D eigenvalue weighted by Gasteiger charge is 2.21. The third kappa shape index (κ3) is 2.62. The summed E-state index contributed by atoms with van der Waals surface area (Å²) in [6.45, 7) is 0. The second kappa shape index (κ2) is 6.05. The summed E-state index contributed by atoms with van der Waals surface area (Å²) >= 11 is 12.1. The van der Waals surface area contributed by atoms with Crippen LogP contribution in [0.15, 0.2) is 23.3 Å². The molecule has 7 nitrogen and oxygen atoms in total. The number of ether oxygens (including phenoxy) is 1. The molecule has 0 bridgehead atoms. The van der Waals surface area contributed by atoms with Gasteiger partial charge in [-0.25, -0.2) is 9.78 Å². The molecule has 1 aromatic heterocycles. The number of nitrogens with two attached hydrogens (primary N) is 1. The van der Waals surface area contributed by atoms with Gasteiger partial charge in [0, 0.05) is 0 Å². The van der Waals surface area contributed by atoms with Crippen LogP contribution in [0.4, 0.5) is 5.82 Å². The molecule has 0 aliphatic rings. The SMILES string of the molecule is COC(=O)c1c(N)ncn(-c2c(Cl)cc(C#N)cc2Cl)c1=O. The number of methoxy groups -OCH3 is 1. The number of benzene rings is 1. The number of anilines is 1. The van der Waals surface area contributed by atoms with Crippen molar-refractivity contribution >= 4 is 35.0 Å². The third-order valence-electron chi connectivity index (χ3n) is 2.78. The van der Waals surface area contributed by atoms with Gasteiger partial charge in [-0.15, -0.1) is 0 Å². The minimum absolute atomic E-state index is 0.0496. The maximum absolute atomic E-state index is 12.4. The lowest BCUT2D eigenvalue weighted by Crippen LogP contribution is -2.28. The summed E-state index contributed by atoms with van der Waals surface area (Å²) in [5.41, 5.74) is 4.63. The van der Waals surface area contributed by atoms with Gasteiger partial charge in [-0.05, 0) is 12.1 Å². The van der Waals surface area contributed by atoms with Crippen molar-refractivity contribution < 1.29 is 9.53 Å². The van der Waals surface area contributed by atoms with Crippen LogP contribution in [-0.2, 0) is 4.74 Å². The molecule has 0 atom stereocenters. The fourth-order valence-electron chi connectivity index (χ4n) is 1.78. The molecule has 0 radical (unpaired) electrons. The molecular weight excluding hydrogens is 331 g/mol. The standard InChI is InChI=1S/C13H8Cl2N4O3/c1-22-13(21)9-11(17)18-5-19(12(9)20)10-7(14)2-6(4-16)3-8(10)15/h2-3,5H,17H2,1H3. The van der Waals surface area contributed by atoms with Crippen LogP contribution in [0.25, 0.3) is 5.69 Å². The molecule has 0 saturated carbocycles. The van der Waals surface area contributed by atoms with Crippen LogP contribution < -0.4 is 11.3 Å². The van der Waals surface area contributed by atoms with E-state index in [2.05, 4.69) is 9.72 Å². The number of nitrogen functional groups attached to an aromatic ring is 1. The van der Waals surface area contributed by atoms with Gasteiger partial charge in [0.2, 0.25) is 0 Å². The molecule has 2 N–H and O–H groups in total. The number of nitrogens with zero attached hydrogens (tertiary/aromatic N) is 3. The molecule has 22 heavy (non-hydrogen) atoms. The van der Waals surface area contributed by atoms with Crippen molar-refractivity contribution in [1.82, 2.24) is 9.55 Å². The molecule has 0 saturated heterocycles. The van der Waals surface area contributed by atoms with Crippen molar-refractivity contribution in [2.24, 2.45) is 0 Å². The van der Waals surface area contributed by atoms with E-state index in [9.17, 15) is 9.59 Å². The van der Waals surface area contributed by atoms with Crippen molar-refractivity contribution in [3.8, 4) is 11.8 Å². The second-order valence-electron chi connectivity index (χ2n) is 4.07. The Balaban J connectivity index is 2.78. The van der Waals surface area contributed by atoms with Gasteiger partial charge in [0.25, 0.3) is 5.56 Å². The smallest absolute Gasteiger partial charge is 0.347 e. The van der Waals surface area contributed by atoms with E-state index in [-0.39, 0.29) is 27.1 Å².